The summed E-state index contributed by atoms with van der Waals surface area (Å²) in [6.45, 7) is 0. The monoisotopic (exact) mass is 222 g/mol. The molecule has 0 aliphatic heterocycles. The zero-order valence-corrected chi connectivity index (χ0v) is 9.04. The van der Waals surface area contributed by atoms with Crippen LogP contribution in [0.25, 0.3) is 22.6 Å². The van der Waals surface area contributed by atoms with Gasteiger partial charge in [-0.15, -0.1) is 0 Å². The quantitative estimate of drug-likeness (QED) is 0.724. The maximum Gasteiger partial charge on any atom is 0.137 e. The highest BCUT2D eigenvalue weighted by atomic mass is 14.9. The Morgan fingerprint density at radius 1 is 0.824 bits per heavy atom. The normalized spacial score (nSPS) is 10.4. The maximum atomic E-state index is 4.35. The van der Waals surface area contributed by atoms with E-state index in [9.17, 15) is 0 Å². The van der Waals surface area contributed by atoms with Crippen LogP contribution < -0.4 is 0 Å². The molecule has 0 saturated carbocycles. The third-order valence-corrected chi connectivity index (χ3v) is 2.49. The average molecular weight is 222 g/mol. The van der Waals surface area contributed by atoms with E-state index < -0.39 is 0 Å². The van der Waals surface area contributed by atoms with Crippen LogP contribution in [0, 0.1) is 0 Å². The van der Waals surface area contributed by atoms with Crippen molar-refractivity contribution in [2.24, 2.45) is 0 Å². The van der Waals surface area contributed by atoms with Crippen molar-refractivity contribution in [3.63, 3.8) is 0 Å². The van der Waals surface area contributed by atoms with Gasteiger partial charge in [0.1, 0.15) is 12.2 Å². The minimum Gasteiger partial charge on any atom is -0.338 e. The number of hydrogen-bond donors (Lipinski definition) is 1. The molecule has 0 aliphatic rings. The summed E-state index contributed by atoms with van der Waals surface area (Å²) in [5.74, 6) is 0.851. The Morgan fingerprint density at radius 3 is 2.35 bits per heavy atom. The zero-order valence-electron chi connectivity index (χ0n) is 9.04. The molecule has 17 heavy (non-hydrogen) atoms. The highest BCUT2D eigenvalue weighted by Crippen LogP contribution is 2.20. The topological polar surface area (TPSA) is 54.5 Å². The predicted octanol–water partition coefficient (Wildman–Crippen LogP) is 2.53. The lowest BCUT2D eigenvalue weighted by Crippen LogP contribution is -1.82. The van der Waals surface area contributed by atoms with E-state index in [0.29, 0.717) is 0 Å². The van der Waals surface area contributed by atoms with Gasteiger partial charge in [0.05, 0.1) is 11.9 Å². The van der Waals surface area contributed by atoms with E-state index in [-0.39, 0.29) is 0 Å². The van der Waals surface area contributed by atoms with Gasteiger partial charge in [0, 0.05) is 23.5 Å². The van der Waals surface area contributed by atoms with Crippen molar-refractivity contribution < 1.29 is 0 Å². The van der Waals surface area contributed by atoms with Crippen molar-refractivity contribution >= 4 is 0 Å². The van der Waals surface area contributed by atoms with E-state index in [4.69, 9.17) is 0 Å². The third kappa shape index (κ3) is 1.92. The number of aromatic amines is 1. The van der Waals surface area contributed by atoms with Gasteiger partial charge in [-0.05, 0) is 0 Å². The first kappa shape index (κ1) is 9.72. The molecule has 0 bridgehead atoms. The van der Waals surface area contributed by atoms with Gasteiger partial charge in [0.25, 0.3) is 0 Å². The molecule has 0 saturated heterocycles. The Labute approximate surface area is 98.4 Å². The van der Waals surface area contributed by atoms with Gasteiger partial charge < -0.3 is 4.98 Å². The number of benzene rings is 1. The molecule has 1 aromatic carbocycles. The largest absolute Gasteiger partial charge is 0.338 e. The molecule has 0 aliphatic carbocycles. The van der Waals surface area contributed by atoms with Crippen LogP contribution in [0.1, 0.15) is 0 Å². The van der Waals surface area contributed by atoms with E-state index in [2.05, 4.69) is 19.9 Å². The molecule has 2 heterocycles. The number of aromatic nitrogens is 4. The average Bonchev–Trinajstić information content (AvgIpc) is 2.90. The molecule has 0 radical (unpaired) electrons. The molecule has 0 fully saturated rings. The van der Waals surface area contributed by atoms with Gasteiger partial charge in [-0.2, -0.15) is 0 Å². The van der Waals surface area contributed by atoms with E-state index in [1.807, 2.05) is 30.3 Å². The highest BCUT2D eigenvalue weighted by molar-refractivity contribution is 5.62. The number of rotatable bonds is 2. The first-order valence-electron chi connectivity index (χ1n) is 5.29. The summed E-state index contributed by atoms with van der Waals surface area (Å²) < 4.78 is 0. The highest BCUT2D eigenvalue weighted by Gasteiger charge is 2.04. The van der Waals surface area contributed by atoms with Crippen LogP contribution in [0.3, 0.4) is 0 Å². The molecule has 0 spiro atoms. The minimum atomic E-state index is 0.851. The fourth-order valence-corrected chi connectivity index (χ4v) is 1.65. The fourth-order valence-electron chi connectivity index (χ4n) is 1.65. The summed E-state index contributed by atoms with van der Waals surface area (Å²) >= 11 is 0. The second-order valence-electron chi connectivity index (χ2n) is 3.64. The summed E-state index contributed by atoms with van der Waals surface area (Å²) in [6.07, 6.45) is 6.82. The summed E-state index contributed by atoms with van der Waals surface area (Å²) in [5, 5.41) is 0. The lowest BCUT2D eigenvalue weighted by Gasteiger charge is -1.96. The number of nitrogens with one attached hydrogen (secondary N) is 1. The number of nitrogens with zero attached hydrogens (tertiary/aromatic N) is 3. The first-order valence-corrected chi connectivity index (χ1v) is 5.29. The van der Waals surface area contributed by atoms with E-state index in [1.165, 1.54) is 6.33 Å². The molecule has 3 aromatic rings. The van der Waals surface area contributed by atoms with Crippen molar-refractivity contribution in [3.8, 4) is 22.6 Å². The van der Waals surface area contributed by atoms with Gasteiger partial charge in [-0.25, -0.2) is 15.0 Å². The molecule has 82 valence electrons. The standard InChI is InChI=1S/C13H10N4/c1-2-4-10(5-3-1)13-16-8-12(17-13)11-6-14-9-15-7-11/h1-9H,(H,16,17). The van der Waals surface area contributed by atoms with Crippen molar-refractivity contribution in [2.45, 2.75) is 0 Å². The Morgan fingerprint density at radius 2 is 1.59 bits per heavy atom. The predicted molar refractivity (Wildman–Crippen MR) is 65.0 cm³/mol. The van der Waals surface area contributed by atoms with E-state index in [1.54, 1.807) is 18.6 Å². The van der Waals surface area contributed by atoms with Crippen LogP contribution in [-0.4, -0.2) is 19.9 Å². The molecule has 1 N–H and O–H groups in total. The summed E-state index contributed by atoms with van der Waals surface area (Å²) in [7, 11) is 0. The fraction of sp³-hybridized carbons (Fsp3) is 0. The third-order valence-electron chi connectivity index (χ3n) is 2.49. The summed E-state index contributed by atoms with van der Waals surface area (Å²) in [6, 6.07) is 10.00. The van der Waals surface area contributed by atoms with Gasteiger partial charge in [0.15, 0.2) is 0 Å². The lowest BCUT2D eigenvalue weighted by atomic mass is 10.2. The van der Waals surface area contributed by atoms with Crippen molar-refractivity contribution in [1.29, 1.82) is 0 Å². The van der Waals surface area contributed by atoms with Gasteiger partial charge in [-0.3, -0.25) is 0 Å². The van der Waals surface area contributed by atoms with Gasteiger partial charge in [0.2, 0.25) is 0 Å². The molecular weight excluding hydrogens is 212 g/mol. The van der Waals surface area contributed by atoms with Crippen LogP contribution in [0.2, 0.25) is 0 Å². The number of hydrogen-bond acceptors (Lipinski definition) is 3. The summed E-state index contributed by atoms with van der Waals surface area (Å²) in [5.41, 5.74) is 2.92. The lowest BCUT2D eigenvalue weighted by molar-refractivity contribution is 1.16. The van der Waals surface area contributed by atoms with Crippen LogP contribution in [0.5, 0.6) is 0 Å². The molecule has 0 atom stereocenters. The SMILES string of the molecule is c1ccc(-c2ncc(-c3cncnc3)[nH]2)cc1. The van der Waals surface area contributed by atoms with Crippen LogP contribution >= 0.6 is 0 Å². The first-order chi connectivity index (χ1) is 8.43. The molecule has 3 rings (SSSR count). The smallest absolute Gasteiger partial charge is 0.137 e. The van der Waals surface area contributed by atoms with Crippen LogP contribution in [0.4, 0.5) is 0 Å². The number of H-pyrrole nitrogens is 1. The van der Waals surface area contributed by atoms with Crippen molar-refractivity contribution in [1.82, 2.24) is 19.9 Å². The van der Waals surface area contributed by atoms with Crippen molar-refractivity contribution in [2.75, 3.05) is 0 Å². The summed E-state index contributed by atoms with van der Waals surface area (Å²) in [4.78, 5) is 15.6. The minimum absolute atomic E-state index is 0.851. The zero-order chi connectivity index (χ0) is 11.5. The molecule has 4 heteroatoms. The van der Waals surface area contributed by atoms with Crippen LogP contribution in [-0.2, 0) is 0 Å². The molecular formula is C13H10N4. The van der Waals surface area contributed by atoms with E-state index >= 15 is 0 Å². The molecule has 0 amide bonds. The molecule has 4 nitrogen and oxygen atoms in total. The van der Waals surface area contributed by atoms with Crippen LogP contribution in [0.15, 0.2) is 55.2 Å². The molecule has 2 aromatic heterocycles. The second kappa shape index (κ2) is 4.17. The Hall–Kier alpha value is -2.49. The Bertz CT molecular complexity index is 548. The van der Waals surface area contributed by atoms with Gasteiger partial charge in [-0.1, -0.05) is 30.3 Å². The number of imidazole rings is 1. The van der Waals surface area contributed by atoms with Gasteiger partial charge >= 0.3 is 0 Å². The molecule has 0 unspecified atom stereocenters. The van der Waals surface area contributed by atoms with Crippen molar-refractivity contribution in [3.05, 3.63) is 55.2 Å². The van der Waals surface area contributed by atoms with E-state index in [0.717, 1.165) is 22.6 Å². The Kier molecular flexibility index (Phi) is 2.38. The maximum absolute atomic E-state index is 4.35. The Balaban J connectivity index is 1.99. The second-order valence-corrected chi connectivity index (χ2v) is 3.64.